The topological polar surface area (TPSA) is 41.5 Å². The van der Waals surface area contributed by atoms with Crippen molar-refractivity contribution in [3.8, 4) is 11.5 Å². The molecule has 1 aromatic rings. The van der Waals surface area contributed by atoms with Crippen molar-refractivity contribution in [3.05, 3.63) is 23.8 Å². The molecule has 2 aliphatic rings. The number of ether oxygens (including phenoxy) is 1. The second kappa shape index (κ2) is 4.81. The number of aromatic hydroxyl groups is 1. The molecule has 1 aliphatic heterocycles. The fourth-order valence-electron chi connectivity index (χ4n) is 3.25. The number of rotatable bonds is 3. The van der Waals surface area contributed by atoms with Gasteiger partial charge < -0.3 is 15.2 Å². The van der Waals surface area contributed by atoms with Gasteiger partial charge in [0.1, 0.15) is 18.1 Å². The van der Waals surface area contributed by atoms with Crippen LogP contribution in [0.5, 0.6) is 11.5 Å². The molecular weight excluding hydrogens is 226 g/mol. The van der Waals surface area contributed by atoms with Crippen LogP contribution in [-0.2, 0) is 0 Å². The van der Waals surface area contributed by atoms with E-state index in [4.69, 9.17) is 4.74 Å². The number of nitrogens with one attached hydrogen (secondary N) is 1. The molecule has 98 valence electrons. The Bertz CT molecular complexity index is 427. The molecule has 3 rings (SSSR count). The molecule has 0 amide bonds. The van der Waals surface area contributed by atoms with Gasteiger partial charge in [0.2, 0.25) is 0 Å². The molecule has 1 heterocycles. The van der Waals surface area contributed by atoms with Crippen LogP contribution in [0.2, 0.25) is 0 Å². The Hall–Kier alpha value is -1.22. The lowest BCUT2D eigenvalue weighted by atomic mass is 9.98. The van der Waals surface area contributed by atoms with Crippen LogP contribution in [0.25, 0.3) is 0 Å². The van der Waals surface area contributed by atoms with E-state index in [1.165, 1.54) is 31.2 Å². The van der Waals surface area contributed by atoms with Crippen molar-refractivity contribution in [3.63, 3.8) is 0 Å². The third kappa shape index (κ3) is 2.19. The first-order valence-electron chi connectivity index (χ1n) is 6.96. The van der Waals surface area contributed by atoms with Crippen LogP contribution in [0, 0.1) is 5.92 Å². The van der Waals surface area contributed by atoms with Crippen LogP contribution < -0.4 is 10.1 Å². The molecule has 1 fully saturated rings. The number of hydrogen-bond donors (Lipinski definition) is 2. The SMILES string of the molecule is C[C@@H](NC1COc2cc(O)ccc21)C1CCCC1. The van der Waals surface area contributed by atoms with E-state index in [-0.39, 0.29) is 11.8 Å². The highest BCUT2D eigenvalue weighted by atomic mass is 16.5. The molecule has 0 bridgehead atoms. The predicted octanol–water partition coefficient (Wildman–Crippen LogP) is 2.99. The van der Waals surface area contributed by atoms with Gasteiger partial charge in [0.05, 0.1) is 6.04 Å². The number of benzene rings is 1. The van der Waals surface area contributed by atoms with Crippen LogP contribution in [0.1, 0.15) is 44.2 Å². The molecule has 3 nitrogen and oxygen atoms in total. The van der Waals surface area contributed by atoms with E-state index in [0.717, 1.165) is 11.7 Å². The standard InChI is InChI=1S/C15H21NO2/c1-10(11-4-2-3-5-11)16-14-9-18-15-8-12(17)6-7-13(14)15/h6-8,10-11,14,16-17H,2-5,9H2,1H3/t10-,14?/m1/s1. The predicted molar refractivity (Wildman–Crippen MR) is 70.9 cm³/mol. The second-order valence-electron chi connectivity index (χ2n) is 5.59. The highest BCUT2D eigenvalue weighted by Crippen LogP contribution is 2.36. The zero-order valence-electron chi connectivity index (χ0n) is 10.9. The smallest absolute Gasteiger partial charge is 0.127 e. The molecule has 1 aliphatic carbocycles. The van der Waals surface area contributed by atoms with Crippen molar-refractivity contribution in [2.45, 2.75) is 44.7 Å². The van der Waals surface area contributed by atoms with Crippen molar-refractivity contribution < 1.29 is 9.84 Å². The van der Waals surface area contributed by atoms with Gasteiger partial charge in [-0.05, 0) is 37.8 Å². The summed E-state index contributed by atoms with van der Waals surface area (Å²) in [6.07, 6.45) is 5.46. The number of phenols is 1. The van der Waals surface area contributed by atoms with E-state index in [2.05, 4.69) is 12.2 Å². The summed E-state index contributed by atoms with van der Waals surface area (Å²) in [5.74, 6) is 1.91. The molecule has 0 radical (unpaired) electrons. The average Bonchev–Trinajstić information content (AvgIpc) is 2.98. The molecular formula is C15H21NO2. The van der Waals surface area contributed by atoms with Gasteiger partial charge in [-0.15, -0.1) is 0 Å². The fourth-order valence-corrected chi connectivity index (χ4v) is 3.25. The van der Waals surface area contributed by atoms with Gasteiger partial charge in [-0.25, -0.2) is 0 Å². The van der Waals surface area contributed by atoms with Crippen molar-refractivity contribution in [2.24, 2.45) is 5.92 Å². The number of hydrogen-bond acceptors (Lipinski definition) is 3. The summed E-state index contributed by atoms with van der Waals surface area (Å²) < 4.78 is 5.63. The molecule has 0 spiro atoms. The van der Waals surface area contributed by atoms with E-state index in [1.807, 2.05) is 6.07 Å². The minimum Gasteiger partial charge on any atom is -0.508 e. The maximum atomic E-state index is 9.44. The van der Waals surface area contributed by atoms with Crippen LogP contribution in [-0.4, -0.2) is 17.8 Å². The van der Waals surface area contributed by atoms with Crippen molar-refractivity contribution >= 4 is 0 Å². The summed E-state index contributed by atoms with van der Waals surface area (Å²) in [6, 6.07) is 6.23. The second-order valence-corrected chi connectivity index (χ2v) is 5.59. The Morgan fingerprint density at radius 3 is 2.89 bits per heavy atom. The third-order valence-corrected chi connectivity index (χ3v) is 4.35. The highest BCUT2D eigenvalue weighted by Gasteiger charge is 2.29. The van der Waals surface area contributed by atoms with E-state index >= 15 is 0 Å². The molecule has 1 unspecified atom stereocenters. The Labute approximate surface area is 108 Å². The van der Waals surface area contributed by atoms with Gasteiger partial charge in [-0.1, -0.05) is 12.8 Å². The molecule has 1 aromatic carbocycles. The minimum atomic E-state index is 0.274. The summed E-state index contributed by atoms with van der Waals surface area (Å²) in [5.41, 5.74) is 1.18. The summed E-state index contributed by atoms with van der Waals surface area (Å²) in [6.45, 7) is 2.96. The Kier molecular flexibility index (Phi) is 3.16. The van der Waals surface area contributed by atoms with Gasteiger partial charge in [0.25, 0.3) is 0 Å². The summed E-state index contributed by atoms with van der Waals surface area (Å²) >= 11 is 0. The van der Waals surface area contributed by atoms with Gasteiger partial charge in [0.15, 0.2) is 0 Å². The molecule has 1 saturated carbocycles. The van der Waals surface area contributed by atoms with E-state index < -0.39 is 0 Å². The molecule has 2 N–H and O–H groups in total. The zero-order valence-corrected chi connectivity index (χ0v) is 10.9. The first-order chi connectivity index (χ1) is 8.74. The van der Waals surface area contributed by atoms with Crippen molar-refractivity contribution in [1.29, 1.82) is 0 Å². The monoisotopic (exact) mass is 247 g/mol. The molecule has 0 aromatic heterocycles. The summed E-state index contributed by atoms with van der Waals surface area (Å²) in [7, 11) is 0. The van der Waals surface area contributed by atoms with Gasteiger partial charge >= 0.3 is 0 Å². The maximum absolute atomic E-state index is 9.44. The third-order valence-electron chi connectivity index (χ3n) is 4.35. The molecule has 0 saturated heterocycles. The quantitative estimate of drug-likeness (QED) is 0.862. The minimum absolute atomic E-state index is 0.274. The largest absolute Gasteiger partial charge is 0.508 e. The molecule has 18 heavy (non-hydrogen) atoms. The molecule has 3 heteroatoms. The van der Waals surface area contributed by atoms with Crippen LogP contribution >= 0.6 is 0 Å². The lowest BCUT2D eigenvalue weighted by Crippen LogP contribution is -2.36. The zero-order chi connectivity index (χ0) is 12.5. The molecule has 2 atom stereocenters. The summed E-state index contributed by atoms with van der Waals surface area (Å²) in [4.78, 5) is 0. The van der Waals surface area contributed by atoms with Crippen molar-refractivity contribution in [2.75, 3.05) is 6.61 Å². The Morgan fingerprint density at radius 1 is 1.33 bits per heavy atom. The lowest BCUT2D eigenvalue weighted by molar-refractivity contribution is 0.275. The first-order valence-corrected chi connectivity index (χ1v) is 6.96. The highest BCUT2D eigenvalue weighted by molar-refractivity contribution is 5.44. The fraction of sp³-hybridized carbons (Fsp3) is 0.600. The Morgan fingerprint density at radius 2 is 2.11 bits per heavy atom. The van der Waals surface area contributed by atoms with Crippen molar-refractivity contribution in [1.82, 2.24) is 5.32 Å². The lowest BCUT2D eigenvalue weighted by Gasteiger charge is -2.24. The van der Waals surface area contributed by atoms with Crippen LogP contribution in [0.4, 0.5) is 0 Å². The number of phenolic OH excluding ortho intramolecular Hbond substituents is 1. The van der Waals surface area contributed by atoms with Gasteiger partial charge in [-0.2, -0.15) is 0 Å². The maximum Gasteiger partial charge on any atom is 0.127 e. The van der Waals surface area contributed by atoms with Gasteiger partial charge in [-0.3, -0.25) is 0 Å². The van der Waals surface area contributed by atoms with Crippen LogP contribution in [0.3, 0.4) is 0 Å². The normalized spacial score (nSPS) is 24.8. The summed E-state index contributed by atoms with van der Waals surface area (Å²) in [5, 5.41) is 13.1. The van der Waals surface area contributed by atoms with E-state index in [9.17, 15) is 5.11 Å². The number of fused-ring (bicyclic) bond motifs is 1. The van der Waals surface area contributed by atoms with E-state index in [0.29, 0.717) is 12.6 Å². The Balaban J connectivity index is 1.68. The van der Waals surface area contributed by atoms with E-state index in [1.54, 1.807) is 12.1 Å². The van der Waals surface area contributed by atoms with Gasteiger partial charge in [0, 0.05) is 17.7 Å². The first kappa shape index (κ1) is 11.8. The van der Waals surface area contributed by atoms with Crippen LogP contribution in [0.15, 0.2) is 18.2 Å². The average molecular weight is 247 g/mol.